The van der Waals surface area contributed by atoms with E-state index in [1.807, 2.05) is 0 Å². The summed E-state index contributed by atoms with van der Waals surface area (Å²) < 4.78 is 13.7. The number of alkyl halides is 1. The van der Waals surface area contributed by atoms with E-state index in [2.05, 4.69) is 13.8 Å². The van der Waals surface area contributed by atoms with Crippen LogP contribution < -0.4 is 0 Å². The quantitative estimate of drug-likeness (QED) is 0.239. The summed E-state index contributed by atoms with van der Waals surface area (Å²) in [6, 6.07) is 0. The maximum atomic E-state index is 13.7. The van der Waals surface area contributed by atoms with Gasteiger partial charge in [0.25, 0.3) is 0 Å². The zero-order valence-electron chi connectivity index (χ0n) is 15.0. The number of halogens is 1. The Kier molecular flexibility index (Phi) is 17.9. The van der Waals surface area contributed by atoms with Gasteiger partial charge >= 0.3 is 0 Å². The van der Waals surface area contributed by atoms with Gasteiger partial charge in [0.2, 0.25) is 0 Å². The van der Waals surface area contributed by atoms with Crippen LogP contribution in [0.15, 0.2) is 0 Å². The third-order valence-electron chi connectivity index (χ3n) is 4.49. The van der Waals surface area contributed by atoms with Crippen LogP contribution in [0.1, 0.15) is 123 Å². The van der Waals surface area contributed by atoms with Gasteiger partial charge in [-0.2, -0.15) is 0 Å². The van der Waals surface area contributed by atoms with Gasteiger partial charge in [0.1, 0.15) is 6.17 Å². The van der Waals surface area contributed by atoms with Crippen molar-refractivity contribution < 1.29 is 4.39 Å². The van der Waals surface area contributed by atoms with Crippen LogP contribution in [0.5, 0.6) is 0 Å². The van der Waals surface area contributed by atoms with Crippen LogP contribution in [0.4, 0.5) is 4.39 Å². The molecular weight excluding hydrogens is 259 g/mol. The molecule has 0 N–H and O–H groups in total. The zero-order chi connectivity index (χ0) is 15.6. The van der Waals surface area contributed by atoms with E-state index in [4.69, 9.17) is 0 Å². The summed E-state index contributed by atoms with van der Waals surface area (Å²) in [5.41, 5.74) is 0. The molecule has 128 valence electrons. The predicted octanol–water partition coefficient (Wildman–Crippen LogP) is 8.00. The second-order valence-electron chi connectivity index (χ2n) is 6.77. The summed E-state index contributed by atoms with van der Waals surface area (Å²) in [4.78, 5) is 0. The third-order valence-corrected chi connectivity index (χ3v) is 4.49. The van der Waals surface area contributed by atoms with E-state index in [1.165, 1.54) is 83.5 Å². The Balaban J connectivity index is 3.09. The van der Waals surface area contributed by atoms with Gasteiger partial charge in [-0.1, -0.05) is 110 Å². The van der Waals surface area contributed by atoms with Gasteiger partial charge in [-0.15, -0.1) is 0 Å². The molecule has 0 aromatic carbocycles. The average Bonchev–Trinajstić information content (AvgIpc) is 2.49. The highest BCUT2D eigenvalue weighted by Crippen LogP contribution is 2.16. The Bertz CT molecular complexity index is 179. The molecule has 0 rings (SSSR count). The van der Waals surface area contributed by atoms with Gasteiger partial charge in [0.05, 0.1) is 0 Å². The van der Waals surface area contributed by atoms with Crippen molar-refractivity contribution in [1.82, 2.24) is 0 Å². The highest BCUT2D eigenvalue weighted by Gasteiger charge is 2.05. The summed E-state index contributed by atoms with van der Waals surface area (Å²) in [6.45, 7) is 4.49. The van der Waals surface area contributed by atoms with E-state index in [1.54, 1.807) is 0 Å². The van der Waals surface area contributed by atoms with Crippen LogP contribution in [0, 0.1) is 0 Å². The predicted molar refractivity (Wildman–Crippen MR) is 94.7 cm³/mol. The van der Waals surface area contributed by atoms with Crippen molar-refractivity contribution in [2.24, 2.45) is 0 Å². The lowest BCUT2D eigenvalue weighted by Gasteiger charge is -2.08. The molecule has 0 saturated heterocycles. The normalized spacial score (nSPS) is 12.7. The molecule has 0 heterocycles. The van der Waals surface area contributed by atoms with Gasteiger partial charge in [0, 0.05) is 0 Å². The zero-order valence-corrected chi connectivity index (χ0v) is 15.0. The average molecular weight is 301 g/mol. The fraction of sp³-hybridized carbons (Fsp3) is 1.00. The van der Waals surface area contributed by atoms with Crippen molar-refractivity contribution in [3.63, 3.8) is 0 Å². The lowest BCUT2D eigenvalue weighted by molar-refractivity contribution is 0.279. The largest absolute Gasteiger partial charge is 0.247 e. The standard InChI is InChI=1S/C20H41F/c1-3-5-7-9-10-11-12-13-15-17-19-20(21)18-16-14-8-6-4-2/h20H,3-19H2,1-2H3. The van der Waals surface area contributed by atoms with Crippen LogP contribution >= 0.6 is 0 Å². The molecule has 21 heavy (non-hydrogen) atoms. The third kappa shape index (κ3) is 17.9. The molecule has 0 aliphatic heterocycles. The molecule has 0 nitrogen and oxygen atoms in total. The molecule has 1 unspecified atom stereocenters. The van der Waals surface area contributed by atoms with E-state index in [9.17, 15) is 4.39 Å². The maximum absolute atomic E-state index is 13.7. The smallest absolute Gasteiger partial charge is 0.100 e. The van der Waals surface area contributed by atoms with E-state index >= 15 is 0 Å². The number of hydrogen-bond acceptors (Lipinski definition) is 0. The molecule has 0 amide bonds. The van der Waals surface area contributed by atoms with E-state index < -0.39 is 6.17 Å². The minimum atomic E-state index is -0.527. The number of rotatable bonds is 17. The Labute approximate surface area is 134 Å². The van der Waals surface area contributed by atoms with Gasteiger partial charge in [0.15, 0.2) is 0 Å². The van der Waals surface area contributed by atoms with Crippen LogP contribution in [-0.2, 0) is 0 Å². The Morgan fingerprint density at radius 3 is 1.10 bits per heavy atom. The Morgan fingerprint density at radius 2 is 0.762 bits per heavy atom. The minimum Gasteiger partial charge on any atom is -0.247 e. The summed E-state index contributed by atoms with van der Waals surface area (Å²) in [6.07, 6.45) is 20.7. The topological polar surface area (TPSA) is 0 Å². The molecule has 1 atom stereocenters. The van der Waals surface area contributed by atoms with E-state index in [0.29, 0.717) is 0 Å². The monoisotopic (exact) mass is 300 g/mol. The first-order chi connectivity index (χ1) is 10.3. The first-order valence-corrected chi connectivity index (χ1v) is 9.95. The highest BCUT2D eigenvalue weighted by atomic mass is 19.1. The molecular formula is C20H41F. The molecule has 0 aliphatic rings. The molecule has 0 radical (unpaired) electrons. The lowest BCUT2D eigenvalue weighted by Crippen LogP contribution is -1.99. The van der Waals surface area contributed by atoms with Gasteiger partial charge < -0.3 is 0 Å². The fourth-order valence-electron chi connectivity index (χ4n) is 2.97. The van der Waals surface area contributed by atoms with Crippen molar-refractivity contribution in [2.45, 2.75) is 129 Å². The van der Waals surface area contributed by atoms with Crippen molar-refractivity contribution in [3.8, 4) is 0 Å². The molecule has 0 aromatic heterocycles. The second kappa shape index (κ2) is 18.0. The number of hydrogen-bond donors (Lipinski definition) is 0. The second-order valence-corrected chi connectivity index (χ2v) is 6.77. The fourth-order valence-corrected chi connectivity index (χ4v) is 2.97. The SMILES string of the molecule is CCCCCCCCCCCCC(F)CCCCCCC. The minimum absolute atomic E-state index is 0.527. The first kappa shape index (κ1) is 20.9. The summed E-state index contributed by atoms with van der Waals surface area (Å²) >= 11 is 0. The van der Waals surface area contributed by atoms with Gasteiger partial charge in [-0.05, 0) is 12.8 Å². The van der Waals surface area contributed by atoms with Crippen molar-refractivity contribution in [1.29, 1.82) is 0 Å². The van der Waals surface area contributed by atoms with Crippen LogP contribution in [0.3, 0.4) is 0 Å². The number of unbranched alkanes of at least 4 members (excludes halogenated alkanes) is 13. The molecule has 0 fully saturated rings. The summed E-state index contributed by atoms with van der Waals surface area (Å²) in [5.74, 6) is 0. The van der Waals surface area contributed by atoms with Gasteiger partial charge in [-0.3, -0.25) is 0 Å². The van der Waals surface area contributed by atoms with Crippen molar-refractivity contribution in [3.05, 3.63) is 0 Å². The Hall–Kier alpha value is -0.0700. The highest BCUT2D eigenvalue weighted by molar-refractivity contribution is 4.58. The van der Waals surface area contributed by atoms with Crippen molar-refractivity contribution in [2.75, 3.05) is 0 Å². The summed E-state index contributed by atoms with van der Waals surface area (Å²) in [5, 5.41) is 0. The molecule has 1 heteroatoms. The molecule has 0 aromatic rings. The Morgan fingerprint density at radius 1 is 0.476 bits per heavy atom. The summed E-state index contributed by atoms with van der Waals surface area (Å²) in [7, 11) is 0. The lowest BCUT2D eigenvalue weighted by atomic mass is 10.0. The van der Waals surface area contributed by atoms with Gasteiger partial charge in [-0.25, -0.2) is 4.39 Å². The maximum Gasteiger partial charge on any atom is 0.100 e. The van der Waals surface area contributed by atoms with Crippen molar-refractivity contribution >= 4 is 0 Å². The van der Waals surface area contributed by atoms with Crippen LogP contribution in [0.2, 0.25) is 0 Å². The van der Waals surface area contributed by atoms with Crippen LogP contribution in [0.25, 0.3) is 0 Å². The molecule has 0 spiro atoms. The molecule has 0 bridgehead atoms. The van der Waals surface area contributed by atoms with E-state index in [-0.39, 0.29) is 0 Å². The first-order valence-electron chi connectivity index (χ1n) is 9.95. The molecule has 0 saturated carbocycles. The van der Waals surface area contributed by atoms with Crippen LogP contribution in [-0.4, -0.2) is 6.17 Å². The molecule has 0 aliphatic carbocycles. The van der Waals surface area contributed by atoms with E-state index in [0.717, 1.165) is 25.7 Å².